The van der Waals surface area contributed by atoms with E-state index in [-0.39, 0.29) is 23.5 Å². The largest absolute Gasteiger partial charge is 0.507 e. The van der Waals surface area contributed by atoms with Gasteiger partial charge in [0.1, 0.15) is 34.7 Å². The number of aromatic hydroxyl groups is 1. The highest BCUT2D eigenvalue weighted by atomic mass is 16.5. The number of Topliss-reactive ketones (excluding diaryl/α,β-unsaturated/α-hetero) is 1. The van der Waals surface area contributed by atoms with Crippen molar-refractivity contribution in [2.24, 2.45) is 11.8 Å². The molecule has 1 unspecified atom stereocenters. The van der Waals surface area contributed by atoms with Crippen LogP contribution < -0.4 is 14.2 Å². The fourth-order valence-corrected chi connectivity index (χ4v) is 2.99. The predicted octanol–water partition coefficient (Wildman–Crippen LogP) is 5.17. The summed E-state index contributed by atoms with van der Waals surface area (Å²) in [4.78, 5) is 12.6. The molecule has 1 heterocycles. The maximum atomic E-state index is 12.6. The molecule has 150 valence electrons. The molecular formula is C23H28O5. The van der Waals surface area contributed by atoms with Crippen LogP contribution in [0.4, 0.5) is 0 Å². The van der Waals surface area contributed by atoms with Crippen LogP contribution in [0.25, 0.3) is 0 Å². The van der Waals surface area contributed by atoms with Crippen molar-refractivity contribution in [2.45, 2.75) is 40.2 Å². The molecule has 0 spiro atoms. The molecule has 5 heteroatoms. The van der Waals surface area contributed by atoms with Gasteiger partial charge in [0.25, 0.3) is 0 Å². The molecule has 1 N–H and O–H groups in total. The number of phenols is 1. The maximum absolute atomic E-state index is 12.6. The average molecular weight is 384 g/mol. The molecular weight excluding hydrogens is 356 g/mol. The second-order valence-electron chi connectivity index (χ2n) is 8.03. The summed E-state index contributed by atoms with van der Waals surface area (Å²) in [6.45, 7) is 9.46. The van der Waals surface area contributed by atoms with Crippen molar-refractivity contribution in [1.29, 1.82) is 0 Å². The predicted molar refractivity (Wildman–Crippen MR) is 108 cm³/mol. The number of ketones is 1. The quantitative estimate of drug-likeness (QED) is 0.713. The Bertz CT molecular complexity index is 824. The van der Waals surface area contributed by atoms with Crippen LogP contribution in [-0.2, 0) is 0 Å². The van der Waals surface area contributed by atoms with Crippen molar-refractivity contribution < 1.29 is 24.1 Å². The Morgan fingerprint density at radius 2 is 1.61 bits per heavy atom. The smallest absolute Gasteiger partial charge is 0.174 e. The summed E-state index contributed by atoms with van der Waals surface area (Å²) in [5.41, 5.74) is 1.12. The Labute approximate surface area is 166 Å². The third-order valence-corrected chi connectivity index (χ3v) is 4.39. The SMILES string of the molecule is CC(C)COc1ccc(C2CC(=O)c3c(O)cc(OCC(C)C)cc3O2)cc1. The molecule has 0 saturated heterocycles. The van der Waals surface area contributed by atoms with Gasteiger partial charge in [-0.2, -0.15) is 0 Å². The van der Waals surface area contributed by atoms with Gasteiger partial charge in [-0.25, -0.2) is 0 Å². The summed E-state index contributed by atoms with van der Waals surface area (Å²) in [5.74, 6) is 2.22. The third-order valence-electron chi connectivity index (χ3n) is 4.39. The highest BCUT2D eigenvalue weighted by Crippen LogP contribution is 2.42. The fourth-order valence-electron chi connectivity index (χ4n) is 2.99. The van der Waals surface area contributed by atoms with Crippen LogP contribution in [0.2, 0.25) is 0 Å². The molecule has 28 heavy (non-hydrogen) atoms. The standard InChI is InChI=1S/C23H28O5/c1-14(2)12-26-17-7-5-16(6-8-17)21-11-20(25)23-19(24)9-18(10-22(23)28-21)27-13-15(3)4/h5-10,14-15,21,24H,11-13H2,1-4H3. The van der Waals surface area contributed by atoms with E-state index in [9.17, 15) is 9.90 Å². The minimum atomic E-state index is -0.404. The molecule has 0 bridgehead atoms. The fraction of sp³-hybridized carbons (Fsp3) is 0.435. The second kappa shape index (κ2) is 8.55. The van der Waals surface area contributed by atoms with Crippen LogP contribution >= 0.6 is 0 Å². The van der Waals surface area contributed by atoms with Gasteiger partial charge in [-0.1, -0.05) is 39.8 Å². The van der Waals surface area contributed by atoms with Crippen LogP contribution in [0.1, 0.15) is 56.1 Å². The number of benzene rings is 2. The maximum Gasteiger partial charge on any atom is 0.174 e. The minimum absolute atomic E-state index is 0.0999. The normalized spacial score (nSPS) is 16.1. The van der Waals surface area contributed by atoms with E-state index in [1.165, 1.54) is 6.07 Å². The first-order valence-electron chi connectivity index (χ1n) is 9.76. The lowest BCUT2D eigenvalue weighted by Crippen LogP contribution is -2.20. The van der Waals surface area contributed by atoms with Crippen molar-refractivity contribution in [3.63, 3.8) is 0 Å². The molecule has 0 aliphatic carbocycles. The molecule has 2 aromatic carbocycles. The summed E-state index contributed by atoms with van der Waals surface area (Å²) < 4.78 is 17.4. The second-order valence-corrected chi connectivity index (χ2v) is 8.03. The Balaban J connectivity index is 1.78. The van der Waals surface area contributed by atoms with Gasteiger partial charge < -0.3 is 19.3 Å². The van der Waals surface area contributed by atoms with E-state index in [1.807, 2.05) is 38.1 Å². The monoisotopic (exact) mass is 384 g/mol. The van der Waals surface area contributed by atoms with Crippen molar-refractivity contribution in [3.05, 3.63) is 47.5 Å². The molecule has 5 nitrogen and oxygen atoms in total. The Morgan fingerprint density at radius 1 is 1.00 bits per heavy atom. The van der Waals surface area contributed by atoms with Crippen LogP contribution in [0.15, 0.2) is 36.4 Å². The number of ether oxygens (including phenoxy) is 3. The summed E-state index contributed by atoms with van der Waals surface area (Å²) in [6, 6.07) is 10.8. The molecule has 0 radical (unpaired) electrons. The lowest BCUT2D eigenvalue weighted by molar-refractivity contribution is 0.0844. The lowest BCUT2D eigenvalue weighted by atomic mass is 9.95. The molecule has 1 aliphatic heterocycles. The summed E-state index contributed by atoms with van der Waals surface area (Å²) in [7, 11) is 0. The van der Waals surface area contributed by atoms with Gasteiger partial charge >= 0.3 is 0 Å². The summed E-state index contributed by atoms with van der Waals surface area (Å²) in [5, 5.41) is 10.3. The van der Waals surface area contributed by atoms with E-state index >= 15 is 0 Å². The van der Waals surface area contributed by atoms with Gasteiger partial charge in [-0.3, -0.25) is 4.79 Å². The molecule has 0 amide bonds. The molecule has 2 aromatic rings. The Morgan fingerprint density at radius 3 is 2.21 bits per heavy atom. The zero-order valence-electron chi connectivity index (χ0n) is 16.9. The zero-order chi connectivity index (χ0) is 20.3. The van der Waals surface area contributed by atoms with Crippen LogP contribution in [0, 0.1) is 11.8 Å². The average Bonchev–Trinajstić information content (AvgIpc) is 2.64. The van der Waals surface area contributed by atoms with E-state index in [4.69, 9.17) is 14.2 Å². The molecule has 1 aliphatic rings. The van der Waals surface area contributed by atoms with Gasteiger partial charge in [-0.15, -0.1) is 0 Å². The van der Waals surface area contributed by atoms with Crippen molar-refractivity contribution in [3.8, 4) is 23.0 Å². The van der Waals surface area contributed by atoms with Crippen molar-refractivity contribution in [1.82, 2.24) is 0 Å². The third kappa shape index (κ3) is 4.77. The minimum Gasteiger partial charge on any atom is -0.507 e. The van der Waals surface area contributed by atoms with Crippen molar-refractivity contribution >= 4 is 5.78 Å². The number of carbonyl (C=O) groups excluding carboxylic acids is 1. The Kier molecular flexibility index (Phi) is 6.12. The number of rotatable bonds is 7. The van der Waals surface area contributed by atoms with E-state index in [0.29, 0.717) is 36.5 Å². The van der Waals surface area contributed by atoms with E-state index in [0.717, 1.165) is 11.3 Å². The molecule has 0 saturated carbocycles. The number of fused-ring (bicyclic) bond motifs is 1. The lowest BCUT2D eigenvalue weighted by Gasteiger charge is -2.26. The van der Waals surface area contributed by atoms with Gasteiger partial charge in [-0.05, 0) is 29.5 Å². The first-order chi connectivity index (χ1) is 13.3. The zero-order valence-corrected chi connectivity index (χ0v) is 16.9. The molecule has 3 rings (SSSR count). The number of carbonyl (C=O) groups is 1. The first kappa shape index (κ1) is 20.1. The topological polar surface area (TPSA) is 65.0 Å². The Hall–Kier alpha value is -2.69. The van der Waals surface area contributed by atoms with E-state index in [1.54, 1.807) is 6.07 Å². The number of phenolic OH excluding ortho intramolecular Hbond substituents is 1. The van der Waals surface area contributed by atoms with Gasteiger partial charge in [0.05, 0.1) is 19.6 Å². The van der Waals surface area contributed by atoms with Gasteiger partial charge in [0, 0.05) is 12.1 Å². The highest BCUT2D eigenvalue weighted by Gasteiger charge is 2.31. The number of hydrogen-bond acceptors (Lipinski definition) is 5. The molecule has 0 aromatic heterocycles. The first-order valence-corrected chi connectivity index (χ1v) is 9.76. The highest BCUT2D eigenvalue weighted by molar-refractivity contribution is 6.02. The van der Waals surface area contributed by atoms with E-state index in [2.05, 4.69) is 13.8 Å². The van der Waals surface area contributed by atoms with Crippen LogP contribution in [0.5, 0.6) is 23.0 Å². The van der Waals surface area contributed by atoms with Crippen molar-refractivity contribution in [2.75, 3.05) is 13.2 Å². The van der Waals surface area contributed by atoms with Gasteiger partial charge in [0.2, 0.25) is 0 Å². The van der Waals surface area contributed by atoms with Gasteiger partial charge in [0.15, 0.2) is 5.78 Å². The molecule has 1 atom stereocenters. The summed E-state index contributed by atoms with van der Waals surface area (Å²) in [6.07, 6.45) is -0.224. The van der Waals surface area contributed by atoms with Crippen LogP contribution in [-0.4, -0.2) is 24.1 Å². The summed E-state index contributed by atoms with van der Waals surface area (Å²) >= 11 is 0. The van der Waals surface area contributed by atoms with Crippen LogP contribution in [0.3, 0.4) is 0 Å². The molecule has 0 fully saturated rings. The van der Waals surface area contributed by atoms with E-state index < -0.39 is 6.10 Å². The number of hydrogen-bond donors (Lipinski definition) is 1.